The van der Waals surface area contributed by atoms with Gasteiger partial charge in [-0.1, -0.05) is 42.5 Å². The van der Waals surface area contributed by atoms with Gasteiger partial charge in [-0.2, -0.15) is 0 Å². The predicted molar refractivity (Wildman–Crippen MR) is 90.1 cm³/mol. The Morgan fingerprint density at radius 2 is 2.05 bits per heavy atom. The van der Waals surface area contributed by atoms with Gasteiger partial charge in [0.2, 0.25) is 0 Å². The highest BCUT2D eigenvalue weighted by Gasteiger charge is 2.19. The minimum absolute atomic E-state index is 0.0624. The molecule has 1 amide bonds. The number of rotatable bonds is 6. The number of aryl methyl sites for hydroxylation is 2. The standard InChI is InChI=1S/C17H20N2O2S/c1-13-16(18-14(2)22-13)17(21)19(11-12-20)10-6-9-15-7-4-3-5-8-15/h3-9,20H,10-12H2,1-2H3/b9-6+. The molecular formula is C17H20N2O2S. The molecule has 1 N–H and O–H groups in total. The van der Waals surface area contributed by atoms with Crippen molar-refractivity contribution in [3.63, 3.8) is 0 Å². The Morgan fingerprint density at radius 1 is 1.32 bits per heavy atom. The molecule has 0 unspecified atom stereocenters. The number of aliphatic hydroxyl groups excluding tert-OH is 1. The van der Waals surface area contributed by atoms with E-state index in [-0.39, 0.29) is 12.5 Å². The first-order valence-corrected chi connectivity index (χ1v) is 7.99. The molecule has 0 fully saturated rings. The van der Waals surface area contributed by atoms with Crippen LogP contribution in [0.3, 0.4) is 0 Å². The first kappa shape index (κ1) is 16.4. The summed E-state index contributed by atoms with van der Waals surface area (Å²) in [6.07, 6.45) is 3.90. The second-order valence-electron chi connectivity index (χ2n) is 4.93. The summed E-state index contributed by atoms with van der Waals surface area (Å²) in [7, 11) is 0. The zero-order valence-electron chi connectivity index (χ0n) is 12.8. The second kappa shape index (κ2) is 7.87. The van der Waals surface area contributed by atoms with Gasteiger partial charge in [0.1, 0.15) is 5.69 Å². The molecule has 0 atom stereocenters. The zero-order chi connectivity index (χ0) is 15.9. The zero-order valence-corrected chi connectivity index (χ0v) is 13.6. The lowest BCUT2D eigenvalue weighted by Gasteiger charge is -2.19. The van der Waals surface area contributed by atoms with Gasteiger partial charge in [-0.3, -0.25) is 4.79 Å². The van der Waals surface area contributed by atoms with Crippen LogP contribution in [-0.4, -0.2) is 40.6 Å². The van der Waals surface area contributed by atoms with E-state index in [1.54, 1.807) is 4.90 Å². The number of aliphatic hydroxyl groups is 1. The van der Waals surface area contributed by atoms with Crippen molar-refractivity contribution in [1.82, 2.24) is 9.88 Å². The minimum Gasteiger partial charge on any atom is -0.395 e. The summed E-state index contributed by atoms with van der Waals surface area (Å²) in [6, 6.07) is 9.91. The molecule has 116 valence electrons. The SMILES string of the molecule is Cc1nc(C(=O)N(C/C=C/c2ccccc2)CCO)c(C)s1. The molecule has 0 saturated carbocycles. The van der Waals surface area contributed by atoms with Crippen LogP contribution in [0.2, 0.25) is 0 Å². The maximum absolute atomic E-state index is 12.5. The van der Waals surface area contributed by atoms with Crippen LogP contribution in [0.15, 0.2) is 36.4 Å². The number of hydrogen-bond acceptors (Lipinski definition) is 4. The molecule has 0 bridgehead atoms. The fourth-order valence-corrected chi connectivity index (χ4v) is 2.96. The highest BCUT2D eigenvalue weighted by molar-refractivity contribution is 7.11. The first-order chi connectivity index (χ1) is 10.6. The average molecular weight is 316 g/mol. The van der Waals surface area contributed by atoms with Crippen LogP contribution < -0.4 is 0 Å². The molecule has 0 aliphatic carbocycles. The summed E-state index contributed by atoms with van der Waals surface area (Å²) in [4.78, 5) is 19.4. The number of amides is 1. The van der Waals surface area contributed by atoms with Crippen molar-refractivity contribution in [2.45, 2.75) is 13.8 Å². The monoisotopic (exact) mass is 316 g/mol. The molecule has 4 nitrogen and oxygen atoms in total. The van der Waals surface area contributed by atoms with Crippen LogP contribution in [0.1, 0.15) is 25.9 Å². The van der Waals surface area contributed by atoms with Gasteiger partial charge in [0, 0.05) is 18.0 Å². The van der Waals surface area contributed by atoms with Crippen molar-refractivity contribution in [1.29, 1.82) is 0 Å². The molecule has 0 aliphatic heterocycles. The van der Waals surface area contributed by atoms with Crippen LogP contribution in [0.25, 0.3) is 6.08 Å². The summed E-state index contributed by atoms with van der Waals surface area (Å²) < 4.78 is 0. The number of thiazole rings is 1. The summed E-state index contributed by atoms with van der Waals surface area (Å²) in [5.74, 6) is -0.131. The molecule has 1 heterocycles. The van der Waals surface area contributed by atoms with E-state index in [0.29, 0.717) is 18.8 Å². The number of carbonyl (C=O) groups excluding carboxylic acids is 1. The van der Waals surface area contributed by atoms with Crippen molar-refractivity contribution in [3.05, 3.63) is 57.6 Å². The molecule has 0 spiro atoms. The van der Waals surface area contributed by atoms with E-state index < -0.39 is 0 Å². The highest BCUT2D eigenvalue weighted by atomic mass is 32.1. The summed E-state index contributed by atoms with van der Waals surface area (Å²) in [6.45, 7) is 4.47. The van der Waals surface area contributed by atoms with Gasteiger partial charge in [-0.25, -0.2) is 4.98 Å². The van der Waals surface area contributed by atoms with E-state index in [1.165, 1.54) is 11.3 Å². The minimum atomic E-state index is -0.131. The Kier molecular flexibility index (Phi) is 5.86. The predicted octanol–water partition coefficient (Wildman–Crippen LogP) is 2.91. The highest BCUT2D eigenvalue weighted by Crippen LogP contribution is 2.18. The second-order valence-corrected chi connectivity index (χ2v) is 6.33. The van der Waals surface area contributed by atoms with Gasteiger partial charge in [-0.05, 0) is 19.4 Å². The van der Waals surface area contributed by atoms with E-state index in [4.69, 9.17) is 0 Å². The van der Waals surface area contributed by atoms with E-state index in [0.717, 1.165) is 15.4 Å². The van der Waals surface area contributed by atoms with Crippen molar-refractivity contribution in [2.24, 2.45) is 0 Å². The molecule has 0 radical (unpaired) electrons. The van der Waals surface area contributed by atoms with Crippen LogP contribution in [-0.2, 0) is 0 Å². The maximum atomic E-state index is 12.5. The van der Waals surface area contributed by atoms with Crippen LogP contribution in [0.4, 0.5) is 0 Å². The number of benzene rings is 1. The fraction of sp³-hybridized carbons (Fsp3) is 0.294. The van der Waals surface area contributed by atoms with E-state index in [9.17, 15) is 9.90 Å². The Morgan fingerprint density at radius 3 is 2.64 bits per heavy atom. The van der Waals surface area contributed by atoms with Crippen molar-refractivity contribution < 1.29 is 9.90 Å². The lowest BCUT2D eigenvalue weighted by atomic mass is 10.2. The van der Waals surface area contributed by atoms with Gasteiger partial charge >= 0.3 is 0 Å². The van der Waals surface area contributed by atoms with Crippen LogP contribution >= 0.6 is 11.3 Å². The topological polar surface area (TPSA) is 53.4 Å². The van der Waals surface area contributed by atoms with Crippen molar-refractivity contribution >= 4 is 23.3 Å². The molecule has 2 aromatic rings. The third-order valence-electron chi connectivity index (χ3n) is 3.20. The number of nitrogens with zero attached hydrogens (tertiary/aromatic N) is 2. The Labute approximate surface area is 134 Å². The van der Waals surface area contributed by atoms with E-state index in [2.05, 4.69) is 4.98 Å². The molecule has 1 aromatic carbocycles. The molecule has 22 heavy (non-hydrogen) atoms. The summed E-state index contributed by atoms with van der Waals surface area (Å²) >= 11 is 1.51. The molecule has 5 heteroatoms. The Hall–Kier alpha value is -1.98. The number of hydrogen-bond donors (Lipinski definition) is 1. The Balaban J connectivity index is 2.08. The number of aromatic nitrogens is 1. The van der Waals surface area contributed by atoms with Gasteiger partial charge in [0.05, 0.1) is 11.6 Å². The molecular weight excluding hydrogens is 296 g/mol. The largest absolute Gasteiger partial charge is 0.395 e. The van der Waals surface area contributed by atoms with E-state index >= 15 is 0 Å². The smallest absolute Gasteiger partial charge is 0.273 e. The third kappa shape index (κ3) is 4.26. The van der Waals surface area contributed by atoms with Crippen molar-refractivity contribution in [3.8, 4) is 0 Å². The molecule has 0 saturated heterocycles. The average Bonchev–Trinajstić information content (AvgIpc) is 2.85. The summed E-state index contributed by atoms with van der Waals surface area (Å²) in [5.41, 5.74) is 1.57. The maximum Gasteiger partial charge on any atom is 0.273 e. The van der Waals surface area contributed by atoms with Gasteiger partial charge in [-0.15, -0.1) is 11.3 Å². The fourth-order valence-electron chi connectivity index (χ4n) is 2.15. The molecule has 1 aromatic heterocycles. The lowest BCUT2D eigenvalue weighted by Crippen LogP contribution is -2.34. The first-order valence-electron chi connectivity index (χ1n) is 7.17. The normalized spacial score (nSPS) is 11.0. The molecule has 2 rings (SSSR count). The summed E-state index contributed by atoms with van der Waals surface area (Å²) in [5, 5.41) is 10.1. The number of carbonyl (C=O) groups is 1. The van der Waals surface area contributed by atoms with Crippen molar-refractivity contribution in [2.75, 3.05) is 19.7 Å². The van der Waals surface area contributed by atoms with Gasteiger partial charge in [0.15, 0.2) is 0 Å². The van der Waals surface area contributed by atoms with Gasteiger partial charge < -0.3 is 10.0 Å². The Bertz CT molecular complexity index is 650. The quantitative estimate of drug-likeness (QED) is 0.891. The van der Waals surface area contributed by atoms with E-state index in [1.807, 2.05) is 56.3 Å². The molecule has 0 aliphatic rings. The lowest BCUT2D eigenvalue weighted by molar-refractivity contribution is 0.0737. The third-order valence-corrected chi connectivity index (χ3v) is 4.09. The van der Waals surface area contributed by atoms with Gasteiger partial charge in [0.25, 0.3) is 5.91 Å². The van der Waals surface area contributed by atoms with Crippen LogP contribution in [0, 0.1) is 13.8 Å². The van der Waals surface area contributed by atoms with Crippen LogP contribution in [0.5, 0.6) is 0 Å².